The second-order valence-corrected chi connectivity index (χ2v) is 9.34. The molecule has 4 aromatic rings. The number of hydrogen-bond donors (Lipinski definition) is 1. The molecule has 2 aliphatic heterocycles. The lowest BCUT2D eigenvalue weighted by Gasteiger charge is -2.39. The van der Waals surface area contributed by atoms with E-state index in [9.17, 15) is 0 Å². The Morgan fingerprint density at radius 3 is 2.53 bits per heavy atom. The number of halogens is 2. The van der Waals surface area contributed by atoms with E-state index in [2.05, 4.69) is 74.7 Å². The third-order valence-corrected chi connectivity index (χ3v) is 6.71. The number of ether oxygens (including phenoxy) is 1. The van der Waals surface area contributed by atoms with Gasteiger partial charge in [-0.3, -0.25) is 0 Å². The van der Waals surface area contributed by atoms with Gasteiger partial charge in [0.05, 0.1) is 5.70 Å². The Balaban J connectivity index is 1.63. The highest BCUT2D eigenvalue weighted by molar-refractivity contribution is 9.10. The smallest absolute Gasteiger partial charge is 0.226 e. The zero-order valence-electron chi connectivity index (χ0n) is 17.1. The Hall–Kier alpha value is -3.09. The molecule has 0 unspecified atom stereocenters. The van der Waals surface area contributed by atoms with Gasteiger partial charge in [-0.05, 0) is 48.4 Å². The second-order valence-electron chi connectivity index (χ2n) is 7.99. The summed E-state index contributed by atoms with van der Waals surface area (Å²) < 4.78 is 9.56. The molecule has 0 fully saturated rings. The molecule has 6 rings (SSSR count). The van der Waals surface area contributed by atoms with Crippen LogP contribution in [0.5, 0.6) is 5.75 Å². The van der Waals surface area contributed by atoms with E-state index in [1.165, 1.54) is 5.56 Å². The normalized spacial score (nSPS) is 18.8. The van der Waals surface area contributed by atoms with E-state index in [1.807, 2.05) is 35.0 Å². The van der Waals surface area contributed by atoms with Gasteiger partial charge in [-0.25, -0.2) is 4.68 Å². The molecule has 1 aromatic heterocycles. The van der Waals surface area contributed by atoms with Crippen LogP contribution >= 0.6 is 27.5 Å². The Morgan fingerprint density at radius 2 is 1.75 bits per heavy atom. The molecule has 0 bridgehead atoms. The second kappa shape index (κ2) is 7.50. The van der Waals surface area contributed by atoms with E-state index < -0.39 is 0 Å². The summed E-state index contributed by atoms with van der Waals surface area (Å²) in [5.74, 6) is 1.47. The number of hydrogen-bond acceptors (Lipinski definition) is 4. The quantitative estimate of drug-likeness (QED) is 0.335. The molecule has 1 N–H and O–H groups in total. The highest BCUT2D eigenvalue weighted by Gasteiger charge is 2.40. The Bertz CT molecular complexity index is 1360. The molecule has 2 aliphatic rings. The number of anilines is 1. The number of nitrogens with zero attached hydrogens (tertiary/aromatic N) is 3. The first-order valence-electron chi connectivity index (χ1n) is 10.3. The molecule has 5 nitrogen and oxygen atoms in total. The maximum absolute atomic E-state index is 6.62. The average molecular weight is 506 g/mol. The van der Waals surface area contributed by atoms with Crippen molar-refractivity contribution in [1.29, 1.82) is 0 Å². The van der Waals surface area contributed by atoms with Crippen molar-refractivity contribution in [1.82, 2.24) is 14.8 Å². The fourth-order valence-corrected chi connectivity index (χ4v) is 4.86. The van der Waals surface area contributed by atoms with Gasteiger partial charge >= 0.3 is 0 Å². The molecule has 3 heterocycles. The highest BCUT2D eigenvalue weighted by atomic mass is 79.9. The van der Waals surface area contributed by atoms with E-state index >= 15 is 0 Å². The molecular formula is C25H18BrClN4O. The monoisotopic (exact) mass is 504 g/mol. The number of benzene rings is 3. The number of aromatic nitrogens is 3. The molecule has 32 heavy (non-hydrogen) atoms. The molecule has 0 saturated heterocycles. The van der Waals surface area contributed by atoms with E-state index in [1.54, 1.807) is 6.33 Å². The summed E-state index contributed by atoms with van der Waals surface area (Å²) in [7, 11) is 0. The van der Waals surface area contributed by atoms with Crippen LogP contribution in [0.4, 0.5) is 5.95 Å². The van der Waals surface area contributed by atoms with Gasteiger partial charge in [-0.1, -0.05) is 69.5 Å². The van der Waals surface area contributed by atoms with E-state index in [0.29, 0.717) is 11.0 Å². The topological polar surface area (TPSA) is 52.0 Å². The molecule has 3 aromatic carbocycles. The van der Waals surface area contributed by atoms with Gasteiger partial charge in [0.1, 0.15) is 24.2 Å². The van der Waals surface area contributed by atoms with Gasteiger partial charge in [-0.15, -0.1) is 0 Å². The van der Waals surface area contributed by atoms with Crippen molar-refractivity contribution in [3.8, 4) is 5.75 Å². The lowest BCUT2D eigenvalue weighted by molar-refractivity contribution is 0.223. The molecule has 0 amide bonds. The molecule has 158 valence electrons. The molecule has 0 radical (unpaired) electrons. The fraction of sp³-hybridized carbons (Fsp3) is 0.120. The lowest BCUT2D eigenvalue weighted by Crippen LogP contribution is -2.32. The maximum atomic E-state index is 6.62. The third-order valence-electron chi connectivity index (χ3n) is 5.94. The maximum Gasteiger partial charge on any atom is 0.226 e. The van der Waals surface area contributed by atoms with E-state index in [-0.39, 0.29) is 12.1 Å². The number of aryl methyl sites for hydroxylation is 1. The first-order valence-corrected chi connectivity index (χ1v) is 11.4. The summed E-state index contributed by atoms with van der Waals surface area (Å²) in [5, 5.41) is 8.72. The summed E-state index contributed by atoms with van der Waals surface area (Å²) in [5.41, 5.74) is 6.34. The summed E-state index contributed by atoms with van der Waals surface area (Å²) in [6.45, 7) is 2.09. The van der Waals surface area contributed by atoms with Crippen LogP contribution in [0.2, 0.25) is 5.02 Å². The predicted molar refractivity (Wildman–Crippen MR) is 129 cm³/mol. The van der Waals surface area contributed by atoms with Crippen LogP contribution in [-0.2, 0) is 0 Å². The molecule has 2 atom stereocenters. The van der Waals surface area contributed by atoms with Gasteiger partial charge in [0.15, 0.2) is 0 Å². The molecular weight excluding hydrogens is 488 g/mol. The number of rotatable bonds is 2. The Labute approximate surface area is 198 Å². The van der Waals surface area contributed by atoms with Crippen LogP contribution in [0.15, 0.2) is 83.1 Å². The lowest BCUT2D eigenvalue weighted by atomic mass is 9.84. The zero-order valence-corrected chi connectivity index (χ0v) is 19.4. The van der Waals surface area contributed by atoms with Gasteiger partial charge in [0.2, 0.25) is 5.95 Å². The van der Waals surface area contributed by atoms with E-state index in [4.69, 9.17) is 16.3 Å². The van der Waals surface area contributed by atoms with Gasteiger partial charge < -0.3 is 10.1 Å². The third kappa shape index (κ3) is 3.14. The SMILES string of the molecule is Cc1ccc([C@@H]2Oc3ccc(Cl)cc3C3=C2[C@H](c2ccc(Br)cc2)n2ncnc2N3)cc1. The van der Waals surface area contributed by atoms with Crippen molar-refractivity contribution in [3.05, 3.63) is 110 Å². The molecule has 0 aliphatic carbocycles. The summed E-state index contributed by atoms with van der Waals surface area (Å²) in [4.78, 5) is 4.47. The van der Waals surface area contributed by atoms with Crippen molar-refractivity contribution in [2.75, 3.05) is 5.32 Å². The summed E-state index contributed by atoms with van der Waals surface area (Å²) in [6, 6.07) is 22.3. The van der Waals surface area contributed by atoms with Gasteiger partial charge in [0, 0.05) is 20.6 Å². The van der Waals surface area contributed by atoms with Crippen molar-refractivity contribution in [3.63, 3.8) is 0 Å². The van der Waals surface area contributed by atoms with Crippen LogP contribution in [0.3, 0.4) is 0 Å². The van der Waals surface area contributed by atoms with Crippen LogP contribution in [0, 0.1) is 6.92 Å². The fourth-order valence-electron chi connectivity index (χ4n) is 4.42. The number of fused-ring (bicyclic) bond motifs is 3. The largest absolute Gasteiger partial charge is 0.480 e. The van der Waals surface area contributed by atoms with Crippen molar-refractivity contribution < 1.29 is 4.74 Å². The highest BCUT2D eigenvalue weighted by Crippen LogP contribution is 2.51. The first-order chi connectivity index (χ1) is 15.6. The minimum absolute atomic E-state index is 0.185. The Morgan fingerprint density at radius 1 is 1.00 bits per heavy atom. The van der Waals surface area contributed by atoms with Crippen LogP contribution in [0.1, 0.15) is 34.4 Å². The predicted octanol–water partition coefficient (Wildman–Crippen LogP) is 6.56. The summed E-state index contributed by atoms with van der Waals surface area (Å²) in [6.07, 6.45) is 1.28. The molecule has 0 spiro atoms. The number of nitrogens with one attached hydrogen (secondary N) is 1. The van der Waals surface area contributed by atoms with Crippen molar-refractivity contribution >= 4 is 39.2 Å². The zero-order chi connectivity index (χ0) is 21.8. The van der Waals surface area contributed by atoms with E-state index in [0.717, 1.165) is 38.2 Å². The average Bonchev–Trinajstić information content (AvgIpc) is 3.27. The van der Waals surface area contributed by atoms with Crippen LogP contribution in [-0.4, -0.2) is 14.8 Å². The molecule has 0 saturated carbocycles. The Kier molecular flexibility index (Phi) is 4.59. The van der Waals surface area contributed by atoms with Gasteiger partial charge in [-0.2, -0.15) is 10.1 Å². The van der Waals surface area contributed by atoms with Crippen LogP contribution < -0.4 is 10.1 Å². The first kappa shape index (κ1) is 19.6. The van der Waals surface area contributed by atoms with Crippen LogP contribution in [0.25, 0.3) is 5.70 Å². The minimum Gasteiger partial charge on any atom is -0.480 e. The van der Waals surface area contributed by atoms with Crippen molar-refractivity contribution in [2.24, 2.45) is 0 Å². The molecule has 7 heteroatoms. The standard InChI is InChI=1S/C25H18BrClN4O/c1-14-2-4-16(5-3-14)24-21-22(19-12-18(27)10-11-20(19)32-24)30-25-28-13-29-31(25)23(21)15-6-8-17(26)9-7-15/h2-13,23-24H,1H3,(H,28,29,30)/t23-,24-/m0/s1. The summed E-state index contributed by atoms with van der Waals surface area (Å²) >= 11 is 9.93. The van der Waals surface area contributed by atoms with Gasteiger partial charge in [0.25, 0.3) is 0 Å². The van der Waals surface area contributed by atoms with Crippen molar-refractivity contribution in [2.45, 2.75) is 19.1 Å². The minimum atomic E-state index is -0.294.